The largest absolute Gasteiger partial charge is 0.456 e. The van der Waals surface area contributed by atoms with Crippen LogP contribution in [-0.4, -0.2) is 39.1 Å². The topological polar surface area (TPSA) is 110 Å². The zero-order chi connectivity index (χ0) is 20.5. The highest BCUT2D eigenvalue weighted by Crippen LogP contribution is 2.29. The molecule has 0 fully saturated rings. The number of benzene rings is 2. The molecule has 3 rings (SSSR count). The summed E-state index contributed by atoms with van der Waals surface area (Å²) in [6.45, 7) is 2.10. The molecule has 0 radical (unpaired) electrons. The van der Waals surface area contributed by atoms with Crippen LogP contribution in [0.4, 0.5) is 0 Å². The van der Waals surface area contributed by atoms with Crippen molar-refractivity contribution < 1.29 is 14.3 Å². The number of amides is 1. The van der Waals surface area contributed by atoms with E-state index in [2.05, 4.69) is 25.9 Å². The second-order valence-corrected chi connectivity index (χ2v) is 6.52. The van der Waals surface area contributed by atoms with Gasteiger partial charge in [-0.05, 0) is 28.3 Å². The highest BCUT2D eigenvalue weighted by molar-refractivity contribution is 5.81. The van der Waals surface area contributed by atoms with Crippen LogP contribution in [0.1, 0.15) is 31.7 Å². The van der Waals surface area contributed by atoms with Gasteiger partial charge in [-0.3, -0.25) is 9.59 Å². The molecule has 2 aromatic carbocycles. The molecule has 29 heavy (non-hydrogen) atoms. The van der Waals surface area contributed by atoms with Crippen LogP contribution in [0, 0.1) is 0 Å². The van der Waals surface area contributed by atoms with Crippen molar-refractivity contribution in [2.75, 3.05) is 6.61 Å². The second kappa shape index (κ2) is 10.1. The van der Waals surface area contributed by atoms with Crippen molar-refractivity contribution in [2.45, 2.75) is 32.7 Å². The number of hydrogen-bond acceptors (Lipinski definition) is 6. The number of carbonyl (C=O) groups is 2. The molecule has 0 saturated carbocycles. The van der Waals surface area contributed by atoms with Gasteiger partial charge in [0.1, 0.15) is 0 Å². The van der Waals surface area contributed by atoms with Gasteiger partial charge in [-0.2, -0.15) is 5.21 Å². The third-order valence-electron chi connectivity index (χ3n) is 4.37. The van der Waals surface area contributed by atoms with Crippen molar-refractivity contribution in [3.8, 4) is 22.5 Å². The number of tetrazole rings is 1. The van der Waals surface area contributed by atoms with Gasteiger partial charge in [0.05, 0.1) is 0 Å². The van der Waals surface area contributed by atoms with Crippen molar-refractivity contribution >= 4 is 11.9 Å². The van der Waals surface area contributed by atoms with Crippen LogP contribution in [0.25, 0.3) is 22.5 Å². The first-order valence-corrected chi connectivity index (χ1v) is 9.52. The van der Waals surface area contributed by atoms with E-state index in [9.17, 15) is 9.59 Å². The number of hydrogen-bond donors (Lipinski definition) is 2. The van der Waals surface area contributed by atoms with Gasteiger partial charge in [-0.25, -0.2) is 0 Å². The van der Waals surface area contributed by atoms with Crippen molar-refractivity contribution in [3.63, 3.8) is 0 Å². The Hall–Kier alpha value is -3.55. The van der Waals surface area contributed by atoms with Crippen LogP contribution >= 0.6 is 0 Å². The fourth-order valence-electron chi connectivity index (χ4n) is 2.80. The smallest absolute Gasteiger partial charge is 0.306 e. The standard InChI is InChI=1S/C21H23N5O3/c1-2-3-8-20(28)29-14-19(27)22-13-15-9-11-16(12-10-15)17-6-4-5-7-18(17)21-23-25-26-24-21/h4-7,9-12H,2-3,8,13-14H2,1H3,(H,22,27)(H,23,24,25,26). The van der Waals surface area contributed by atoms with Crippen molar-refractivity contribution in [1.82, 2.24) is 25.9 Å². The van der Waals surface area contributed by atoms with Gasteiger partial charge < -0.3 is 10.1 Å². The summed E-state index contributed by atoms with van der Waals surface area (Å²) >= 11 is 0. The molecular formula is C21H23N5O3. The molecule has 150 valence electrons. The number of aromatic nitrogens is 4. The van der Waals surface area contributed by atoms with Crippen LogP contribution in [0.15, 0.2) is 48.5 Å². The maximum Gasteiger partial charge on any atom is 0.306 e. The Morgan fingerprint density at radius 2 is 1.83 bits per heavy atom. The monoisotopic (exact) mass is 393 g/mol. The summed E-state index contributed by atoms with van der Waals surface area (Å²) in [5.74, 6) is -0.126. The second-order valence-electron chi connectivity index (χ2n) is 6.52. The lowest BCUT2D eigenvalue weighted by Gasteiger charge is -2.09. The summed E-state index contributed by atoms with van der Waals surface area (Å²) in [4.78, 5) is 23.3. The molecular weight excluding hydrogens is 370 g/mol. The van der Waals surface area contributed by atoms with E-state index in [-0.39, 0.29) is 18.5 Å². The molecule has 0 aliphatic heterocycles. The molecule has 2 N–H and O–H groups in total. The molecule has 1 heterocycles. The van der Waals surface area contributed by atoms with E-state index in [0.717, 1.165) is 35.1 Å². The minimum Gasteiger partial charge on any atom is -0.456 e. The number of carbonyl (C=O) groups excluding carboxylic acids is 2. The van der Waals surface area contributed by atoms with Crippen molar-refractivity contribution in [1.29, 1.82) is 0 Å². The first-order chi connectivity index (χ1) is 14.2. The number of rotatable bonds is 9. The molecule has 3 aromatic rings. The van der Waals surface area contributed by atoms with E-state index in [4.69, 9.17) is 4.74 Å². The summed E-state index contributed by atoms with van der Waals surface area (Å²) in [6.07, 6.45) is 2.02. The van der Waals surface area contributed by atoms with Crippen LogP contribution in [0.3, 0.4) is 0 Å². The maximum absolute atomic E-state index is 11.8. The molecule has 0 aliphatic rings. The lowest BCUT2D eigenvalue weighted by Crippen LogP contribution is -2.28. The highest BCUT2D eigenvalue weighted by Gasteiger charge is 2.11. The molecule has 0 spiro atoms. The molecule has 1 amide bonds. The molecule has 8 nitrogen and oxygen atoms in total. The molecule has 0 unspecified atom stereocenters. The molecule has 0 saturated heterocycles. The van der Waals surface area contributed by atoms with Crippen LogP contribution in [-0.2, 0) is 20.9 Å². The predicted molar refractivity (Wildman–Crippen MR) is 107 cm³/mol. The van der Waals surface area contributed by atoms with Crippen LogP contribution in [0.5, 0.6) is 0 Å². The first-order valence-electron chi connectivity index (χ1n) is 9.52. The average molecular weight is 393 g/mol. The molecule has 0 aliphatic carbocycles. The zero-order valence-electron chi connectivity index (χ0n) is 16.2. The lowest BCUT2D eigenvalue weighted by atomic mass is 9.98. The number of ether oxygens (including phenoxy) is 1. The molecule has 8 heteroatoms. The number of nitrogens with zero attached hydrogens (tertiary/aromatic N) is 3. The first kappa shape index (κ1) is 20.2. The van der Waals surface area contributed by atoms with E-state index < -0.39 is 0 Å². The number of H-pyrrole nitrogens is 1. The maximum atomic E-state index is 11.8. The van der Waals surface area contributed by atoms with Crippen molar-refractivity contribution in [3.05, 3.63) is 54.1 Å². The quantitative estimate of drug-likeness (QED) is 0.541. The third kappa shape index (κ3) is 5.71. The Labute approximate surface area is 168 Å². The SMILES string of the molecule is CCCCC(=O)OCC(=O)NCc1ccc(-c2ccccc2-c2nn[nH]n2)cc1. The summed E-state index contributed by atoms with van der Waals surface area (Å²) in [6, 6.07) is 15.6. The van der Waals surface area contributed by atoms with Crippen molar-refractivity contribution in [2.24, 2.45) is 0 Å². The van der Waals surface area contributed by atoms with Gasteiger partial charge >= 0.3 is 5.97 Å². The van der Waals surface area contributed by atoms with Gasteiger partial charge in [0.15, 0.2) is 6.61 Å². The summed E-state index contributed by atoms with van der Waals surface area (Å²) < 4.78 is 4.95. The summed E-state index contributed by atoms with van der Waals surface area (Å²) in [5, 5.41) is 17.0. The van der Waals surface area contributed by atoms with Gasteiger partial charge in [0, 0.05) is 18.5 Å². The van der Waals surface area contributed by atoms with E-state index in [1.807, 2.05) is 55.5 Å². The van der Waals surface area contributed by atoms with Crippen LogP contribution < -0.4 is 5.32 Å². The van der Waals surface area contributed by atoms with E-state index in [0.29, 0.717) is 18.8 Å². The van der Waals surface area contributed by atoms with E-state index in [1.54, 1.807) is 0 Å². The Kier molecular flexibility index (Phi) is 7.05. The summed E-state index contributed by atoms with van der Waals surface area (Å²) in [7, 11) is 0. The minimum atomic E-state index is -0.341. The predicted octanol–water partition coefficient (Wildman–Crippen LogP) is 2.88. The van der Waals surface area contributed by atoms with Gasteiger partial charge in [0.2, 0.25) is 5.82 Å². The molecule has 1 aromatic heterocycles. The Morgan fingerprint density at radius 1 is 1.07 bits per heavy atom. The Balaban J connectivity index is 1.56. The van der Waals surface area contributed by atoms with Gasteiger partial charge in [0.25, 0.3) is 5.91 Å². The van der Waals surface area contributed by atoms with E-state index in [1.165, 1.54) is 0 Å². The Morgan fingerprint density at radius 3 is 2.52 bits per heavy atom. The lowest BCUT2D eigenvalue weighted by molar-refractivity contribution is -0.148. The third-order valence-corrected chi connectivity index (χ3v) is 4.37. The Bertz CT molecular complexity index is 939. The van der Waals surface area contributed by atoms with Crippen LogP contribution in [0.2, 0.25) is 0 Å². The fourth-order valence-corrected chi connectivity index (χ4v) is 2.80. The van der Waals surface area contributed by atoms with Gasteiger partial charge in [-0.1, -0.05) is 61.9 Å². The minimum absolute atomic E-state index is 0.251. The number of unbranched alkanes of at least 4 members (excludes halogenated alkanes) is 1. The number of aromatic amines is 1. The molecule has 0 atom stereocenters. The number of esters is 1. The number of nitrogens with one attached hydrogen (secondary N) is 2. The van der Waals surface area contributed by atoms with E-state index >= 15 is 0 Å². The van der Waals surface area contributed by atoms with Gasteiger partial charge in [-0.15, -0.1) is 10.2 Å². The highest BCUT2D eigenvalue weighted by atomic mass is 16.5. The average Bonchev–Trinajstić information content (AvgIpc) is 3.30. The fraction of sp³-hybridized carbons (Fsp3) is 0.286. The normalized spacial score (nSPS) is 10.5. The molecule has 0 bridgehead atoms. The summed E-state index contributed by atoms with van der Waals surface area (Å²) in [5.41, 5.74) is 3.82. The zero-order valence-corrected chi connectivity index (χ0v) is 16.2.